The molecule has 20 heavy (non-hydrogen) atoms. The molecule has 1 amide bonds. The van der Waals surface area contributed by atoms with E-state index in [0.29, 0.717) is 21.7 Å². The molecule has 0 saturated carbocycles. The SMILES string of the molecule is O=C(CSc1cc(Cl)ccc1Cl)N1CCC(CO)CC1. The smallest absolute Gasteiger partial charge is 0.232 e. The molecule has 1 saturated heterocycles. The summed E-state index contributed by atoms with van der Waals surface area (Å²) >= 11 is 13.4. The van der Waals surface area contributed by atoms with Gasteiger partial charge in [-0.25, -0.2) is 0 Å². The summed E-state index contributed by atoms with van der Waals surface area (Å²) in [4.78, 5) is 14.8. The lowest BCUT2D eigenvalue weighted by Crippen LogP contribution is -2.40. The van der Waals surface area contributed by atoms with Gasteiger partial charge in [-0.05, 0) is 37.0 Å². The Morgan fingerprint density at radius 3 is 2.70 bits per heavy atom. The van der Waals surface area contributed by atoms with Gasteiger partial charge in [0.15, 0.2) is 0 Å². The van der Waals surface area contributed by atoms with E-state index in [4.69, 9.17) is 28.3 Å². The minimum Gasteiger partial charge on any atom is -0.396 e. The van der Waals surface area contributed by atoms with Gasteiger partial charge in [-0.15, -0.1) is 11.8 Å². The van der Waals surface area contributed by atoms with Crippen LogP contribution in [0.25, 0.3) is 0 Å². The Morgan fingerprint density at radius 1 is 1.35 bits per heavy atom. The fraction of sp³-hybridized carbons (Fsp3) is 0.500. The van der Waals surface area contributed by atoms with Crippen LogP contribution in [-0.2, 0) is 4.79 Å². The van der Waals surface area contributed by atoms with E-state index in [1.807, 2.05) is 4.90 Å². The third-order valence-electron chi connectivity index (χ3n) is 3.47. The van der Waals surface area contributed by atoms with Crippen molar-refractivity contribution >= 4 is 40.9 Å². The zero-order valence-corrected chi connectivity index (χ0v) is 13.3. The molecule has 0 unspecified atom stereocenters. The monoisotopic (exact) mass is 333 g/mol. The molecular weight excluding hydrogens is 317 g/mol. The van der Waals surface area contributed by atoms with E-state index >= 15 is 0 Å². The van der Waals surface area contributed by atoms with Crippen molar-refractivity contribution in [2.75, 3.05) is 25.4 Å². The van der Waals surface area contributed by atoms with Gasteiger partial charge in [-0.1, -0.05) is 23.2 Å². The number of carbonyl (C=O) groups is 1. The highest BCUT2D eigenvalue weighted by Gasteiger charge is 2.22. The molecular formula is C14H17Cl2NO2S. The van der Waals surface area contributed by atoms with Gasteiger partial charge in [-0.2, -0.15) is 0 Å². The average Bonchev–Trinajstić information content (AvgIpc) is 2.48. The zero-order valence-electron chi connectivity index (χ0n) is 11.0. The van der Waals surface area contributed by atoms with Gasteiger partial charge in [0.25, 0.3) is 0 Å². The molecule has 0 aromatic heterocycles. The van der Waals surface area contributed by atoms with Crippen LogP contribution >= 0.6 is 35.0 Å². The van der Waals surface area contributed by atoms with Crippen LogP contribution in [0, 0.1) is 5.92 Å². The van der Waals surface area contributed by atoms with Gasteiger partial charge in [-0.3, -0.25) is 4.79 Å². The highest BCUT2D eigenvalue weighted by atomic mass is 35.5. The molecule has 3 nitrogen and oxygen atoms in total. The first-order valence-electron chi connectivity index (χ1n) is 6.56. The largest absolute Gasteiger partial charge is 0.396 e. The fourth-order valence-corrected chi connectivity index (χ4v) is 3.58. The van der Waals surface area contributed by atoms with Gasteiger partial charge in [0, 0.05) is 29.6 Å². The summed E-state index contributed by atoms with van der Waals surface area (Å²) in [5, 5.41) is 10.3. The first kappa shape index (κ1) is 16.0. The second kappa shape index (κ2) is 7.55. The van der Waals surface area contributed by atoms with Gasteiger partial charge < -0.3 is 10.0 Å². The van der Waals surface area contributed by atoms with Crippen LogP contribution in [0.1, 0.15) is 12.8 Å². The molecule has 1 aromatic carbocycles. The Bertz CT molecular complexity index is 476. The third kappa shape index (κ3) is 4.29. The molecule has 0 bridgehead atoms. The second-order valence-electron chi connectivity index (χ2n) is 4.87. The Morgan fingerprint density at radius 2 is 2.05 bits per heavy atom. The van der Waals surface area contributed by atoms with Gasteiger partial charge >= 0.3 is 0 Å². The summed E-state index contributed by atoms with van der Waals surface area (Å²) in [6, 6.07) is 5.25. The summed E-state index contributed by atoms with van der Waals surface area (Å²) < 4.78 is 0. The lowest BCUT2D eigenvalue weighted by Gasteiger charge is -2.31. The number of carbonyl (C=O) groups excluding carboxylic acids is 1. The normalized spacial score (nSPS) is 16.4. The molecule has 1 heterocycles. The molecule has 6 heteroatoms. The lowest BCUT2D eigenvalue weighted by molar-refractivity contribution is -0.129. The number of aliphatic hydroxyl groups is 1. The van der Waals surface area contributed by atoms with Gasteiger partial charge in [0.2, 0.25) is 5.91 Å². The van der Waals surface area contributed by atoms with Crippen LogP contribution in [0.3, 0.4) is 0 Å². The topological polar surface area (TPSA) is 40.5 Å². The summed E-state index contributed by atoms with van der Waals surface area (Å²) in [7, 11) is 0. The Hall–Kier alpha value is -0.420. The molecule has 1 N–H and O–H groups in total. The number of rotatable bonds is 4. The van der Waals surface area contributed by atoms with E-state index < -0.39 is 0 Å². The Balaban J connectivity index is 1.85. The quantitative estimate of drug-likeness (QED) is 0.859. The van der Waals surface area contributed by atoms with E-state index in [9.17, 15) is 4.79 Å². The number of nitrogens with zero attached hydrogens (tertiary/aromatic N) is 1. The van der Waals surface area contributed by atoms with Crippen molar-refractivity contribution in [3.05, 3.63) is 28.2 Å². The number of aliphatic hydroxyl groups excluding tert-OH is 1. The molecule has 1 fully saturated rings. The van der Waals surface area contributed by atoms with Crippen LogP contribution in [0.5, 0.6) is 0 Å². The maximum Gasteiger partial charge on any atom is 0.232 e. The number of hydrogen-bond acceptors (Lipinski definition) is 3. The van der Waals surface area contributed by atoms with Gasteiger partial charge in [0.05, 0.1) is 10.8 Å². The second-order valence-corrected chi connectivity index (χ2v) is 6.73. The van der Waals surface area contributed by atoms with Crippen molar-refractivity contribution in [3.8, 4) is 0 Å². The van der Waals surface area contributed by atoms with E-state index in [2.05, 4.69) is 0 Å². The van der Waals surface area contributed by atoms with E-state index in [0.717, 1.165) is 30.8 Å². The van der Waals surface area contributed by atoms with Crippen molar-refractivity contribution in [3.63, 3.8) is 0 Å². The third-order valence-corrected chi connectivity index (χ3v) is 5.19. The summed E-state index contributed by atoms with van der Waals surface area (Å²) in [6.45, 7) is 1.68. The first-order chi connectivity index (χ1) is 9.60. The summed E-state index contributed by atoms with van der Waals surface area (Å²) in [5.41, 5.74) is 0. The van der Waals surface area contributed by atoms with Crippen molar-refractivity contribution in [2.45, 2.75) is 17.7 Å². The molecule has 0 atom stereocenters. The maximum atomic E-state index is 12.1. The maximum absolute atomic E-state index is 12.1. The summed E-state index contributed by atoms with van der Waals surface area (Å²) in [5.74, 6) is 0.820. The van der Waals surface area contributed by atoms with Crippen LogP contribution in [0.15, 0.2) is 23.1 Å². The molecule has 110 valence electrons. The van der Waals surface area contributed by atoms with Crippen LogP contribution in [0.4, 0.5) is 0 Å². The number of hydrogen-bond donors (Lipinski definition) is 1. The Labute approximate surface area is 133 Å². The highest BCUT2D eigenvalue weighted by molar-refractivity contribution is 8.00. The van der Waals surface area contributed by atoms with Crippen molar-refractivity contribution < 1.29 is 9.90 Å². The van der Waals surface area contributed by atoms with E-state index in [1.165, 1.54) is 11.8 Å². The number of thioether (sulfide) groups is 1. The van der Waals surface area contributed by atoms with Crippen molar-refractivity contribution in [1.29, 1.82) is 0 Å². The predicted octanol–water partition coefficient (Wildman–Crippen LogP) is 3.32. The minimum atomic E-state index is 0.113. The van der Waals surface area contributed by atoms with Crippen molar-refractivity contribution in [1.82, 2.24) is 4.90 Å². The minimum absolute atomic E-state index is 0.113. The number of amides is 1. The standard InChI is InChI=1S/C14H17Cl2NO2S/c15-11-1-2-12(16)13(7-11)20-9-14(19)17-5-3-10(8-18)4-6-17/h1-2,7,10,18H,3-6,8-9H2. The molecule has 0 radical (unpaired) electrons. The number of halogens is 2. The lowest BCUT2D eigenvalue weighted by atomic mass is 9.98. The average molecular weight is 334 g/mol. The van der Waals surface area contributed by atoms with Crippen LogP contribution in [0.2, 0.25) is 10.0 Å². The molecule has 0 aliphatic carbocycles. The number of piperidine rings is 1. The number of likely N-dealkylation sites (tertiary alicyclic amines) is 1. The molecule has 1 aliphatic rings. The predicted molar refractivity (Wildman–Crippen MR) is 83.6 cm³/mol. The van der Waals surface area contributed by atoms with Crippen molar-refractivity contribution in [2.24, 2.45) is 5.92 Å². The van der Waals surface area contributed by atoms with Crippen LogP contribution < -0.4 is 0 Å². The van der Waals surface area contributed by atoms with Gasteiger partial charge in [0.1, 0.15) is 0 Å². The molecule has 0 spiro atoms. The zero-order chi connectivity index (χ0) is 14.5. The van der Waals surface area contributed by atoms with E-state index in [-0.39, 0.29) is 12.5 Å². The molecule has 1 aromatic rings. The molecule has 2 rings (SSSR count). The van der Waals surface area contributed by atoms with E-state index in [1.54, 1.807) is 18.2 Å². The highest BCUT2D eigenvalue weighted by Crippen LogP contribution is 2.30. The molecule has 1 aliphatic heterocycles. The Kier molecular flexibility index (Phi) is 6.02. The first-order valence-corrected chi connectivity index (χ1v) is 8.31. The van der Waals surface area contributed by atoms with Crippen LogP contribution in [-0.4, -0.2) is 41.4 Å². The summed E-state index contributed by atoms with van der Waals surface area (Å²) in [6.07, 6.45) is 1.76. The fourth-order valence-electron chi connectivity index (χ4n) is 2.18. The number of benzene rings is 1.